The Labute approximate surface area is 215 Å². The Morgan fingerprint density at radius 2 is 1.57 bits per heavy atom. The summed E-state index contributed by atoms with van der Waals surface area (Å²) in [5.41, 5.74) is 3.16. The standard InChI is InChI=1S/C29H29N3O5/c1-6-19-7-12-22(13-8-19)32-28(30-29(34)21-11-16-24(36-4)25(17-21)37-5)26(27(33)18(2)31-32)20-9-14-23(35-3)15-10-20/h7-17H,6H2,1-5H3,(H,30,34). The number of ether oxygens (including phenoxy) is 3. The molecule has 3 aromatic carbocycles. The van der Waals surface area contributed by atoms with Crippen LogP contribution in [0.1, 0.15) is 28.5 Å². The molecule has 4 rings (SSSR count). The molecule has 0 atom stereocenters. The van der Waals surface area contributed by atoms with Crippen LogP contribution in [0.2, 0.25) is 0 Å². The molecule has 37 heavy (non-hydrogen) atoms. The highest BCUT2D eigenvalue weighted by atomic mass is 16.5. The van der Waals surface area contributed by atoms with Crippen LogP contribution in [0.4, 0.5) is 5.82 Å². The Hall–Kier alpha value is -4.59. The number of hydrogen-bond donors (Lipinski definition) is 1. The average Bonchev–Trinajstić information content (AvgIpc) is 2.94. The zero-order valence-electron chi connectivity index (χ0n) is 21.5. The molecule has 0 saturated carbocycles. The Morgan fingerprint density at radius 1 is 0.892 bits per heavy atom. The van der Waals surface area contributed by atoms with Crippen molar-refractivity contribution in [2.24, 2.45) is 0 Å². The van der Waals surface area contributed by atoms with Crippen molar-refractivity contribution in [2.75, 3.05) is 26.6 Å². The molecule has 8 nitrogen and oxygen atoms in total. The van der Waals surface area contributed by atoms with Crippen molar-refractivity contribution in [3.05, 3.63) is 93.8 Å². The molecule has 0 fully saturated rings. The number of aryl methyl sites for hydroxylation is 2. The zero-order chi connectivity index (χ0) is 26.5. The highest BCUT2D eigenvalue weighted by Crippen LogP contribution is 2.31. The summed E-state index contributed by atoms with van der Waals surface area (Å²) >= 11 is 0. The summed E-state index contributed by atoms with van der Waals surface area (Å²) in [6.07, 6.45) is 0.886. The Kier molecular flexibility index (Phi) is 7.57. The quantitative estimate of drug-likeness (QED) is 0.365. The van der Waals surface area contributed by atoms with Gasteiger partial charge in [0.25, 0.3) is 5.91 Å². The molecule has 0 aliphatic carbocycles. The average molecular weight is 500 g/mol. The van der Waals surface area contributed by atoms with E-state index in [1.54, 1.807) is 61.2 Å². The molecule has 1 amide bonds. The van der Waals surface area contributed by atoms with Crippen molar-refractivity contribution in [3.63, 3.8) is 0 Å². The third-order valence-corrected chi connectivity index (χ3v) is 6.10. The topological polar surface area (TPSA) is 91.7 Å². The zero-order valence-corrected chi connectivity index (χ0v) is 21.5. The molecule has 1 heterocycles. The summed E-state index contributed by atoms with van der Waals surface area (Å²) in [4.78, 5) is 26.9. The van der Waals surface area contributed by atoms with Gasteiger partial charge < -0.3 is 19.5 Å². The van der Waals surface area contributed by atoms with E-state index in [0.717, 1.165) is 12.0 Å². The number of rotatable bonds is 8. The third kappa shape index (κ3) is 5.18. The number of nitrogens with one attached hydrogen (secondary N) is 1. The number of hydrogen-bond acceptors (Lipinski definition) is 6. The van der Waals surface area contributed by atoms with E-state index >= 15 is 0 Å². The summed E-state index contributed by atoms with van der Waals surface area (Å²) in [6.45, 7) is 3.74. The van der Waals surface area contributed by atoms with E-state index in [-0.39, 0.29) is 11.2 Å². The van der Waals surface area contributed by atoms with Crippen LogP contribution in [0.3, 0.4) is 0 Å². The maximum Gasteiger partial charge on any atom is 0.256 e. The summed E-state index contributed by atoms with van der Waals surface area (Å²) in [6, 6.07) is 19.8. The Morgan fingerprint density at radius 3 is 2.16 bits per heavy atom. The molecule has 0 unspecified atom stereocenters. The van der Waals surface area contributed by atoms with Gasteiger partial charge in [0.15, 0.2) is 11.5 Å². The fourth-order valence-corrected chi connectivity index (χ4v) is 4.00. The van der Waals surface area contributed by atoms with Gasteiger partial charge in [-0.1, -0.05) is 31.2 Å². The molecule has 4 aromatic rings. The number of anilines is 1. The van der Waals surface area contributed by atoms with Gasteiger partial charge >= 0.3 is 0 Å². The van der Waals surface area contributed by atoms with Crippen LogP contribution in [-0.2, 0) is 6.42 Å². The number of methoxy groups -OCH3 is 3. The van der Waals surface area contributed by atoms with Gasteiger partial charge in [0.1, 0.15) is 17.3 Å². The molecule has 1 N–H and O–H groups in total. The lowest BCUT2D eigenvalue weighted by Gasteiger charge is -2.19. The first-order chi connectivity index (χ1) is 17.9. The molecule has 0 saturated heterocycles. The molecular formula is C29H29N3O5. The highest BCUT2D eigenvalue weighted by molar-refractivity contribution is 6.06. The van der Waals surface area contributed by atoms with Crippen LogP contribution in [0.25, 0.3) is 16.8 Å². The van der Waals surface area contributed by atoms with E-state index in [1.807, 2.05) is 24.3 Å². The van der Waals surface area contributed by atoms with Crippen molar-refractivity contribution in [1.82, 2.24) is 9.78 Å². The summed E-state index contributed by atoms with van der Waals surface area (Å²) in [5.74, 6) is 1.40. The Bertz CT molecular complexity index is 1480. The number of nitrogens with zero attached hydrogens (tertiary/aromatic N) is 2. The number of aromatic nitrogens is 2. The molecule has 8 heteroatoms. The molecule has 0 radical (unpaired) electrons. The second kappa shape index (κ2) is 11.0. The lowest BCUT2D eigenvalue weighted by atomic mass is 10.0. The molecule has 0 aliphatic heterocycles. The first-order valence-electron chi connectivity index (χ1n) is 11.8. The SMILES string of the molecule is CCc1ccc(-n2nc(C)c(=O)c(-c3ccc(OC)cc3)c2NC(=O)c2ccc(OC)c(OC)c2)cc1. The first-order valence-corrected chi connectivity index (χ1v) is 11.8. The number of amides is 1. The van der Waals surface area contributed by atoms with E-state index in [4.69, 9.17) is 14.2 Å². The smallest absolute Gasteiger partial charge is 0.256 e. The molecule has 0 spiro atoms. The number of carbonyl (C=O) groups is 1. The minimum atomic E-state index is -0.431. The fourth-order valence-electron chi connectivity index (χ4n) is 4.00. The summed E-state index contributed by atoms with van der Waals surface area (Å²) in [5, 5.41) is 7.49. The van der Waals surface area contributed by atoms with Gasteiger partial charge in [0.05, 0.1) is 32.6 Å². The minimum Gasteiger partial charge on any atom is -0.497 e. The van der Waals surface area contributed by atoms with E-state index in [2.05, 4.69) is 17.3 Å². The van der Waals surface area contributed by atoms with Crippen LogP contribution in [-0.4, -0.2) is 37.0 Å². The lowest BCUT2D eigenvalue weighted by molar-refractivity contribution is 0.102. The predicted molar refractivity (Wildman–Crippen MR) is 143 cm³/mol. The third-order valence-electron chi connectivity index (χ3n) is 6.10. The Balaban J connectivity index is 1.91. The van der Waals surface area contributed by atoms with E-state index in [0.29, 0.717) is 45.3 Å². The minimum absolute atomic E-state index is 0.254. The van der Waals surface area contributed by atoms with Gasteiger partial charge in [-0.05, 0) is 66.9 Å². The fraction of sp³-hybridized carbons (Fsp3) is 0.207. The largest absolute Gasteiger partial charge is 0.497 e. The normalized spacial score (nSPS) is 10.6. The lowest BCUT2D eigenvalue weighted by Crippen LogP contribution is -2.25. The molecule has 0 bridgehead atoms. The van der Waals surface area contributed by atoms with Gasteiger partial charge in [-0.25, -0.2) is 4.68 Å². The van der Waals surface area contributed by atoms with Crippen molar-refractivity contribution in [2.45, 2.75) is 20.3 Å². The highest BCUT2D eigenvalue weighted by Gasteiger charge is 2.22. The van der Waals surface area contributed by atoms with E-state index < -0.39 is 5.91 Å². The molecule has 1 aromatic heterocycles. The van der Waals surface area contributed by atoms with E-state index in [1.165, 1.54) is 14.2 Å². The molecular weight excluding hydrogens is 470 g/mol. The first kappa shape index (κ1) is 25.5. The van der Waals surface area contributed by atoms with Gasteiger partial charge in [0.2, 0.25) is 5.43 Å². The summed E-state index contributed by atoms with van der Waals surface area (Å²) < 4.78 is 17.5. The number of benzene rings is 3. The summed E-state index contributed by atoms with van der Waals surface area (Å²) in [7, 11) is 4.61. The second-order valence-electron chi connectivity index (χ2n) is 8.32. The molecule has 190 valence electrons. The van der Waals surface area contributed by atoms with Gasteiger partial charge in [-0.3, -0.25) is 9.59 Å². The van der Waals surface area contributed by atoms with Crippen molar-refractivity contribution in [3.8, 4) is 34.1 Å². The predicted octanol–water partition coefficient (Wildman–Crippen LogP) is 5.05. The van der Waals surface area contributed by atoms with Crippen molar-refractivity contribution in [1.29, 1.82) is 0 Å². The molecule has 0 aliphatic rings. The van der Waals surface area contributed by atoms with Crippen LogP contribution in [0.15, 0.2) is 71.5 Å². The van der Waals surface area contributed by atoms with Gasteiger partial charge in [-0.2, -0.15) is 5.10 Å². The van der Waals surface area contributed by atoms with Crippen molar-refractivity contribution >= 4 is 11.7 Å². The van der Waals surface area contributed by atoms with E-state index in [9.17, 15) is 9.59 Å². The maximum atomic E-state index is 13.5. The second-order valence-corrected chi connectivity index (χ2v) is 8.32. The van der Waals surface area contributed by atoms with Crippen LogP contribution >= 0.6 is 0 Å². The van der Waals surface area contributed by atoms with Crippen molar-refractivity contribution < 1.29 is 19.0 Å². The maximum absolute atomic E-state index is 13.5. The monoisotopic (exact) mass is 499 g/mol. The van der Waals surface area contributed by atoms with Crippen LogP contribution in [0.5, 0.6) is 17.2 Å². The van der Waals surface area contributed by atoms with Gasteiger partial charge in [-0.15, -0.1) is 0 Å². The van der Waals surface area contributed by atoms with Crippen LogP contribution < -0.4 is 25.0 Å². The van der Waals surface area contributed by atoms with Gasteiger partial charge in [0, 0.05) is 5.56 Å². The number of carbonyl (C=O) groups excluding carboxylic acids is 1. The van der Waals surface area contributed by atoms with Crippen LogP contribution in [0, 0.1) is 6.92 Å².